The summed E-state index contributed by atoms with van der Waals surface area (Å²) in [5, 5.41) is 0.928. The molecule has 3 aromatic carbocycles. The quantitative estimate of drug-likeness (QED) is 0.0779. The zero-order chi connectivity index (χ0) is 35.3. The van der Waals surface area contributed by atoms with Crippen LogP contribution in [0, 0.1) is 5.92 Å². The second-order valence-electron chi connectivity index (χ2n) is 12.3. The number of carbonyl (C=O) groups excluding carboxylic acids is 1. The molecule has 6 rings (SSSR count). The molecule has 2 heterocycles. The Morgan fingerprint density at radius 2 is 1.41 bits per heavy atom. The number of sulfonamides is 1. The summed E-state index contributed by atoms with van der Waals surface area (Å²) in [5.41, 5.74) is -3.09. The van der Waals surface area contributed by atoms with Crippen LogP contribution in [0.2, 0.25) is 10.0 Å². The number of fused-ring (bicyclic) bond motifs is 1. The van der Waals surface area contributed by atoms with Crippen molar-refractivity contribution >= 4 is 50.2 Å². The highest BCUT2D eigenvalue weighted by molar-refractivity contribution is 7.90. The summed E-state index contributed by atoms with van der Waals surface area (Å²) >= 11 is 12.3. The van der Waals surface area contributed by atoms with Gasteiger partial charge < -0.3 is 9.30 Å². The average Bonchev–Trinajstić information content (AvgIpc) is 3.35. The van der Waals surface area contributed by atoms with Crippen LogP contribution in [0.15, 0.2) is 60.7 Å². The minimum absolute atomic E-state index is 0.0336. The Morgan fingerprint density at radius 3 is 1.88 bits per heavy atom. The number of alkyl halides is 6. The molecule has 2 fully saturated rings. The largest absolute Gasteiger partial charge is 0.511 e. The summed E-state index contributed by atoms with van der Waals surface area (Å²) in [7, 11) is -5.48. The Hall–Kier alpha value is -3.33. The van der Waals surface area contributed by atoms with Crippen molar-refractivity contribution in [1.29, 1.82) is 0 Å². The fourth-order valence-electron chi connectivity index (χ4n) is 6.43. The molecule has 16 heteroatoms. The number of halogens is 8. The van der Waals surface area contributed by atoms with Crippen molar-refractivity contribution in [2.24, 2.45) is 5.92 Å². The van der Waals surface area contributed by atoms with E-state index in [1.165, 1.54) is 6.07 Å². The van der Waals surface area contributed by atoms with Crippen LogP contribution in [0.4, 0.5) is 26.3 Å². The Morgan fingerprint density at radius 1 is 0.857 bits per heavy atom. The monoisotopic (exact) mass is 747 g/mol. The van der Waals surface area contributed by atoms with E-state index in [1.807, 2.05) is 4.57 Å². The normalized spacial score (nSPS) is 17.1. The van der Waals surface area contributed by atoms with E-state index in [9.17, 15) is 39.6 Å². The van der Waals surface area contributed by atoms with E-state index in [0.29, 0.717) is 31.3 Å². The van der Waals surface area contributed by atoms with Crippen molar-refractivity contribution in [2.75, 3.05) is 13.1 Å². The summed E-state index contributed by atoms with van der Waals surface area (Å²) in [6.45, 7) is -0.468. The molecule has 0 bridgehead atoms. The van der Waals surface area contributed by atoms with Gasteiger partial charge in [-0.3, -0.25) is 0 Å². The van der Waals surface area contributed by atoms with E-state index in [2.05, 4.69) is 0 Å². The molecule has 1 aliphatic carbocycles. The third-order valence-corrected chi connectivity index (χ3v) is 11.3. The predicted molar refractivity (Wildman–Crippen MR) is 171 cm³/mol. The Bertz CT molecular complexity index is 1910. The first-order chi connectivity index (χ1) is 23.0. The van der Waals surface area contributed by atoms with Crippen LogP contribution in [0.3, 0.4) is 0 Å². The van der Waals surface area contributed by atoms with Gasteiger partial charge in [0.2, 0.25) is 0 Å². The van der Waals surface area contributed by atoms with Gasteiger partial charge in [0.1, 0.15) is 11.3 Å². The van der Waals surface area contributed by atoms with Crippen LogP contribution >= 0.6 is 23.2 Å². The number of carbonyl (C=O) groups is 1. The molecule has 0 unspecified atom stereocenters. The number of imidazole rings is 1. The highest BCUT2D eigenvalue weighted by Gasteiger charge is 2.50. The van der Waals surface area contributed by atoms with Gasteiger partial charge in [-0.15, -0.1) is 0 Å². The van der Waals surface area contributed by atoms with Gasteiger partial charge in [-0.2, -0.15) is 30.6 Å². The van der Waals surface area contributed by atoms with Crippen molar-refractivity contribution in [3.63, 3.8) is 0 Å². The average molecular weight is 749 g/mol. The van der Waals surface area contributed by atoms with Gasteiger partial charge in [0.25, 0.3) is 0 Å². The molecule has 1 saturated carbocycles. The number of benzene rings is 3. The van der Waals surface area contributed by atoms with E-state index in [1.54, 1.807) is 54.6 Å². The molecule has 0 N–H and O–H groups in total. The minimum Gasteiger partial charge on any atom is -0.417 e. The maximum atomic E-state index is 13.5. The lowest BCUT2D eigenvalue weighted by Crippen LogP contribution is -2.45. The van der Waals surface area contributed by atoms with Crippen molar-refractivity contribution in [2.45, 2.75) is 62.2 Å². The second-order valence-corrected chi connectivity index (χ2v) is 15.1. The summed E-state index contributed by atoms with van der Waals surface area (Å²) in [4.78, 5) is 16.9. The molecule has 262 valence electrons. The Labute approximate surface area is 287 Å². The molecule has 49 heavy (non-hydrogen) atoms. The molecule has 1 aromatic heterocycles. The number of nitrogens with zero attached hydrogens (tertiary/aromatic N) is 3. The number of rotatable bonds is 8. The number of piperidine rings is 1. The number of hydrogen-bond donors (Lipinski definition) is 0. The molecular formula is C33H29Cl2F6N3O4S. The van der Waals surface area contributed by atoms with Crippen LogP contribution in [-0.4, -0.2) is 53.0 Å². The standard InChI is InChI=1S/C33H29Cl2F6N3O4S/c34-24-8-4-20(5-9-24)28(21-6-10-25(35)11-7-21)23-16-26-29(27(17-23)48-31(45)32(36,37)38)42-30(22-2-1-3-22)44(26)18-19-12-14-43(15-13-19)49(46,47)33(39,40)41/h4-11,16-17,19,22,28H,1-3,12-15,18H2. The van der Waals surface area contributed by atoms with Gasteiger partial charge in [-0.1, -0.05) is 53.9 Å². The zero-order valence-electron chi connectivity index (χ0n) is 25.6. The van der Waals surface area contributed by atoms with E-state index in [4.69, 9.17) is 32.9 Å². The summed E-state index contributed by atoms with van der Waals surface area (Å²) < 4.78 is 112. The van der Waals surface area contributed by atoms with Crippen molar-refractivity contribution in [3.05, 3.63) is 93.2 Å². The first kappa shape index (κ1) is 35.5. The molecule has 0 radical (unpaired) electrons. The molecular weight excluding hydrogens is 719 g/mol. The Balaban J connectivity index is 1.48. The van der Waals surface area contributed by atoms with Gasteiger partial charge in [-0.25, -0.2) is 18.2 Å². The molecule has 7 nitrogen and oxygen atoms in total. The fourth-order valence-corrected chi connectivity index (χ4v) is 7.66. The fraction of sp³-hybridized carbons (Fsp3) is 0.394. The molecule has 4 aromatic rings. The van der Waals surface area contributed by atoms with Gasteiger partial charge in [0.05, 0.1) is 5.52 Å². The lowest BCUT2D eigenvalue weighted by molar-refractivity contribution is -0.189. The molecule has 0 amide bonds. The topological polar surface area (TPSA) is 81.5 Å². The molecule has 2 aliphatic rings. The maximum Gasteiger partial charge on any atom is 0.511 e. The predicted octanol–water partition coefficient (Wildman–Crippen LogP) is 8.82. The molecule has 0 spiro atoms. The van der Waals surface area contributed by atoms with Gasteiger partial charge >= 0.3 is 27.7 Å². The zero-order valence-corrected chi connectivity index (χ0v) is 27.9. The lowest BCUT2D eigenvalue weighted by Gasteiger charge is -2.33. The van der Waals surface area contributed by atoms with E-state index in [-0.39, 0.29) is 49.8 Å². The van der Waals surface area contributed by atoms with Crippen molar-refractivity contribution < 1.29 is 44.3 Å². The number of ether oxygens (including phenoxy) is 1. The summed E-state index contributed by atoms with van der Waals surface area (Å²) in [6.07, 6.45) is -2.64. The molecule has 1 saturated heterocycles. The van der Waals surface area contributed by atoms with E-state index in [0.717, 1.165) is 30.4 Å². The first-order valence-corrected chi connectivity index (χ1v) is 17.6. The van der Waals surface area contributed by atoms with Gasteiger partial charge in [0, 0.05) is 41.5 Å². The highest BCUT2D eigenvalue weighted by atomic mass is 35.5. The van der Waals surface area contributed by atoms with Crippen LogP contribution in [-0.2, 0) is 21.4 Å². The second kappa shape index (κ2) is 13.4. The van der Waals surface area contributed by atoms with Crippen LogP contribution in [0.25, 0.3) is 11.0 Å². The van der Waals surface area contributed by atoms with Crippen LogP contribution in [0.1, 0.15) is 66.5 Å². The van der Waals surface area contributed by atoms with Crippen LogP contribution in [0.5, 0.6) is 5.75 Å². The number of esters is 1. The van der Waals surface area contributed by atoms with Crippen molar-refractivity contribution in [3.8, 4) is 5.75 Å². The number of hydrogen-bond acceptors (Lipinski definition) is 5. The lowest BCUT2D eigenvalue weighted by atomic mass is 9.84. The van der Waals surface area contributed by atoms with Crippen LogP contribution < -0.4 is 4.74 Å². The first-order valence-electron chi connectivity index (χ1n) is 15.4. The minimum atomic E-state index is -5.48. The third-order valence-electron chi connectivity index (χ3n) is 9.16. The highest BCUT2D eigenvalue weighted by Crippen LogP contribution is 2.43. The number of aromatic nitrogens is 2. The van der Waals surface area contributed by atoms with E-state index < -0.39 is 39.3 Å². The third kappa shape index (κ3) is 7.28. The Kier molecular flexibility index (Phi) is 9.72. The SMILES string of the molecule is O=C(Oc1cc(C(c2ccc(Cl)cc2)c2ccc(Cl)cc2)cc2c1nc(C1CCC1)n2CC1CCN(S(=O)(=O)C(F)(F)F)CC1)C(F)(F)F. The van der Waals surface area contributed by atoms with Crippen molar-refractivity contribution in [1.82, 2.24) is 13.9 Å². The molecule has 1 aliphatic heterocycles. The van der Waals surface area contributed by atoms with Gasteiger partial charge in [-0.05, 0) is 84.7 Å². The summed E-state index contributed by atoms with van der Waals surface area (Å²) in [6, 6.07) is 16.9. The summed E-state index contributed by atoms with van der Waals surface area (Å²) in [5.74, 6) is -3.16. The molecule has 0 atom stereocenters. The maximum absolute atomic E-state index is 13.5. The van der Waals surface area contributed by atoms with Gasteiger partial charge in [0.15, 0.2) is 5.75 Å². The van der Waals surface area contributed by atoms with E-state index >= 15 is 0 Å². The smallest absolute Gasteiger partial charge is 0.417 e.